The number of nitrogens with one attached hydrogen (secondary N) is 1. The van der Waals surface area contributed by atoms with E-state index in [1.165, 1.54) is 11.3 Å². The van der Waals surface area contributed by atoms with E-state index in [1.807, 2.05) is 79.0 Å². The molecule has 1 amide bonds. The van der Waals surface area contributed by atoms with Gasteiger partial charge in [0, 0.05) is 22.7 Å². The van der Waals surface area contributed by atoms with Crippen molar-refractivity contribution in [2.75, 3.05) is 5.32 Å². The molecule has 0 spiro atoms. The third-order valence-electron chi connectivity index (χ3n) is 4.28. The predicted octanol–water partition coefficient (Wildman–Crippen LogP) is 5.49. The lowest BCUT2D eigenvalue weighted by atomic mass is 10.1. The molecule has 2 aromatic carbocycles. The van der Waals surface area contributed by atoms with Crippen LogP contribution in [0.15, 0.2) is 78.3 Å². The lowest BCUT2D eigenvalue weighted by molar-refractivity contribution is -0.115. The van der Waals surface area contributed by atoms with Crippen molar-refractivity contribution in [3.63, 3.8) is 0 Å². The first-order valence-electron chi connectivity index (χ1n) is 9.16. The Bertz CT molecular complexity index is 1110. The van der Waals surface area contributed by atoms with Crippen LogP contribution >= 0.6 is 11.3 Å². The molecule has 0 fully saturated rings. The number of hydrogen-bond acceptors (Lipinski definition) is 5. The molecule has 2 heterocycles. The first-order valence-corrected chi connectivity index (χ1v) is 10.0. The van der Waals surface area contributed by atoms with Gasteiger partial charge in [-0.25, -0.2) is 9.97 Å². The molecule has 0 unspecified atom stereocenters. The van der Waals surface area contributed by atoms with Gasteiger partial charge in [-0.3, -0.25) is 4.79 Å². The second kappa shape index (κ2) is 8.67. The molecule has 29 heavy (non-hydrogen) atoms. The number of carbonyl (C=O) groups excluding carboxylic acids is 1. The molecule has 0 aliphatic heterocycles. The van der Waals surface area contributed by atoms with Crippen LogP contribution in [0.2, 0.25) is 0 Å². The van der Waals surface area contributed by atoms with E-state index in [1.54, 1.807) is 6.20 Å². The molecular formula is C23H19N3O2S. The van der Waals surface area contributed by atoms with Gasteiger partial charge in [-0.05, 0) is 30.7 Å². The number of amides is 1. The van der Waals surface area contributed by atoms with E-state index in [2.05, 4.69) is 15.3 Å². The van der Waals surface area contributed by atoms with Gasteiger partial charge in [0.25, 0.3) is 0 Å². The number of rotatable bonds is 6. The number of ether oxygens (including phenoxy) is 1. The minimum atomic E-state index is -0.104. The van der Waals surface area contributed by atoms with Crippen LogP contribution in [0.3, 0.4) is 0 Å². The van der Waals surface area contributed by atoms with Crippen LogP contribution in [-0.4, -0.2) is 15.9 Å². The fourth-order valence-corrected chi connectivity index (χ4v) is 3.52. The summed E-state index contributed by atoms with van der Waals surface area (Å²) >= 11 is 1.42. The number of nitrogens with zero attached hydrogens (tertiary/aromatic N) is 2. The number of aryl methyl sites for hydroxylation is 1. The zero-order valence-electron chi connectivity index (χ0n) is 15.8. The second-order valence-electron chi connectivity index (χ2n) is 6.50. The number of anilines is 1. The lowest BCUT2D eigenvalue weighted by Crippen LogP contribution is -2.14. The Morgan fingerprint density at radius 1 is 1.03 bits per heavy atom. The average molecular weight is 401 g/mol. The molecule has 0 radical (unpaired) electrons. The predicted molar refractivity (Wildman–Crippen MR) is 115 cm³/mol. The van der Waals surface area contributed by atoms with Crippen molar-refractivity contribution in [2.45, 2.75) is 13.3 Å². The first-order chi connectivity index (χ1) is 14.2. The number of hydrogen-bond donors (Lipinski definition) is 1. The molecule has 0 aliphatic carbocycles. The third kappa shape index (κ3) is 4.86. The van der Waals surface area contributed by atoms with E-state index in [9.17, 15) is 4.79 Å². The summed E-state index contributed by atoms with van der Waals surface area (Å²) in [7, 11) is 0. The maximum atomic E-state index is 12.4. The van der Waals surface area contributed by atoms with Gasteiger partial charge in [0.2, 0.25) is 11.8 Å². The molecule has 0 bridgehead atoms. The van der Waals surface area contributed by atoms with Crippen LogP contribution in [0.1, 0.15) is 11.1 Å². The van der Waals surface area contributed by atoms with Gasteiger partial charge in [-0.1, -0.05) is 48.5 Å². The van der Waals surface area contributed by atoms with Gasteiger partial charge in [0.15, 0.2) is 5.13 Å². The van der Waals surface area contributed by atoms with Gasteiger partial charge in [0.1, 0.15) is 5.75 Å². The molecular weight excluding hydrogens is 382 g/mol. The molecule has 2 aromatic heterocycles. The van der Waals surface area contributed by atoms with Crippen molar-refractivity contribution in [3.8, 4) is 22.9 Å². The Morgan fingerprint density at radius 3 is 2.59 bits per heavy atom. The number of benzene rings is 2. The van der Waals surface area contributed by atoms with Gasteiger partial charge in [-0.15, -0.1) is 11.3 Å². The zero-order valence-corrected chi connectivity index (χ0v) is 16.6. The van der Waals surface area contributed by atoms with E-state index in [0.29, 0.717) is 16.8 Å². The van der Waals surface area contributed by atoms with Crippen molar-refractivity contribution in [1.29, 1.82) is 0 Å². The normalized spacial score (nSPS) is 10.5. The van der Waals surface area contributed by atoms with Gasteiger partial charge >= 0.3 is 0 Å². The van der Waals surface area contributed by atoms with Crippen LogP contribution < -0.4 is 10.1 Å². The molecule has 0 aliphatic rings. The van der Waals surface area contributed by atoms with E-state index < -0.39 is 0 Å². The zero-order chi connectivity index (χ0) is 20.1. The van der Waals surface area contributed by atoms with E-state index in [-0.39, 0.29) is 12.3 Å². The summed E-state index contributed by atoms with van der Waals surface area (Å²) in [6.45, 7) is 1.95. The summed E-state index contributed by atoms with van der Waals surface area (Å²) in [5, 5.41) is 5.41. The lowest BCUT2D eigenvalue weighted by Gasteiger charge is -2.08. The van der Waals surface area contributed by atoms with Crippen molar-refractivity contribution >= 4 is 22.4 Å². The largest absolute Gasteiger partial charge is 0.439 e. The molecule has 144 valence electrons. The molecule has 1 N–H and O–H groups in total. The van der Waals surface area contributed by atoms with Crippen LogP contribution in [0.4, 0.5) is 5.13 Å². The monoisotopic (exact) mass is 401 g/mol. The Morgan fingerprint density at radius 2 is 1.83 bits per heavy atom. The van der Waals surface area contributed by atoms with Crippen LogP contribution in [0, 0.1) is 6.92 Å². The van der Waals surface area contributed by atoms with Crippen molar-refractivity contribution in [1.82, 2.24) is 9.97 Å². The maximum absolute atomic E-state index is 12.4. The highest BCUT2D eigenvalue weighted by Gasteiger charge is 2.09. The molecule has 6 heteroatoms. The van der Waals surface area contributed by atoms with Crippen LogP contribution in [0.25, 0.3) is 11.3 Å². The van der Waals surface area contributed by atoms with Crippen LogP contribution in [0.5, 0.6) is 11.6 Å². The maximum Gasteiger partial charge on any atom is 0.230 e. The number of thiazole rings is 1. The highest BCUT2D eigenvalue weighted by molar-refractivity contribution is 7.14. The highest BCUT2D eigenvalue weighted by Crippen LogP contribution is 2.25. The summed E-state index contributed by atoms with van der Waals surface area (Å²) in [6.07, 6.45) is 1.96. The topological polar surface area (TPSA) is 64.1 Å². The molecule has 0 saturated heterocycles. The van der Waals surface area contributed by atoms with Crippen molar-refractivity contribution < 1.29 is 9.53 Å². The number of carbonyl (C=O) groups is 1. The third-order valence-corrected chi connectivity index (χ3v) is 5.04. The van der Waals surface area contributed by atoms with Gasteiger partial charge in [-0.2, -0.15) is 0 Å². The fraction of sp³-hybridized carbons (Fsp3) is 0.0870. The Labute approximate surface area is 173 Å². The average Bonchev–Trinajstić information content (AvgIpc) is 3.20. The minimum Gasteiger partial charge on any atom is -0.439 e. The van der Waals surface area contributed by atoms with E-state index in [4.69, 9.17) is 4.74 Å². The van der Waals surface area contributed by atoms with Gasteiger partial charge in [0.05, 0.1) is 12.1 Å². The van der Waals surface area contributed by atoms with E-state index >= 15 is 0 Å². The summed E-state index contributed by atoms with van der Waals surface area (Å²) in [5.41, 5.74) is 3.75. The second-order valence-corrected chi connectivity index (χ2v) is 7.36. The summed E-state index contributed by atoms with van der Waals surface area (Å²) in [6, 6.07) is 21.2. The Kier molecular flexibility index (Phi) is 5.63. The minimum absolute atomic E-state index is 0.104. The van der Waals surface area contributed by atoms with E-state index in [0.717, 1.165) is 22.4 Å². The summed E-state index contributed by atoms with van der Waals surface area (Å²) < 4.78 is 5.79. The Hall–Kier alpha value is -3.51. The molecule has 0 saturated carbocycles. The number of aromatic nitrogens is 2. The molecule has 5 nitrogen and oxygen atoms in total. The number of pyridine rings is 1. The first kappa shape index (κ1) is 18.8. The SMILES string of the molecule is Cc1cccnc1Oc1ccc(CC(=O)Nc2nc(-c3ccccc3)cs2)cc1. The Balaban J connectivity index is 1.35. The standard InChI is InChI=1S/C23H19N3O2S/c1-16-6-5-13-24-22(16)28-19-11-9-17(10-12-19)14-21(27)26-23-25-20(15-29-23)18-7-3-2-4-8-18/h2-13,15H,14H2,1H3,(H,25,26,27). The fourth-order valence-electron chi connectivity index (χ4n) is 2.79. The summed E-state index contributed by atoms with van der Waals surface area (Å²) in [4.78, 5) is 21.1. The summed E-state index contributed by atoms with van der Waals surface area (Å²) in [5.74, 6) is 1.16. The van der Waals surface area contributed by atoms with Crippen LogP contribution in [-0.2, 0) is 11.2 Å². The van der Waals surface area contributed by atoms with Gasteiger partial charge < -0.3 is 10.1 Å². The van der Waals surface area contributed by atoms with Crippen molar-refractivity contribution in [3.05, 3.63) is 89.4 Å². The molecule has 4 rings (SSSR count). The van der Waals surface area contributed by atoms with Crippen molar-refractivity contribution in [2.24, 2.45) is 0 Å². The smallest absolute Gasteiger partial charge is 0.230 e. The highest BCUT2D eigenvalue weighted by atomic mass is 32.1. The quantitative estimate of drug-likeness (QED) is 0.464. The molecule has 4 aromatic rings. The molecule has 0 atom stereocenters.